The monoisotopic (exact) mass is 369 g/mol. The van der Waals surface area contributed by atoms with Crippen molar-refractivity contribution < 1.29 is 9.84 Å². The third kappa shape index (κ3) is 4.65. The highest BCUT2D eigenvalue weighted by molar-refractivity contribution is 7.99. The first-order valence-corrected chi connectivity index (χ1v) is 9.65. The van der Waals surface area contributed by atoms with Crippen molar-refractivity contribution in [3.63, 3.8) is 0 Å². The molecule has 0 aliphatic heterocycles. The lowest BCUT2D eigenvalue weighted by atomic mass is 10.1. The summed E-state index contributed by atoms with van der Waals surface area (Å²) in [5, 5.41) is 19.2. The molecule has 0 saturated heterocycles. The summed E-state index contributed by atoms with van der Waals surface area (Å²) in [6, 6.07) is 18.1. The van der Waals surface area contributed by atoms with Gasteiger partial charge in [0.2, 0.25) is 0 Å². The molecule has 3 aromatic rings. The molecule has 0 spiro atoms. The zero-order valence-electron chi connectivity index (χ0n) is 15.0. The van der Waals surface area contributed by atoms with E-state index in [1.807, 2.05) is 54.0 Å². The van der Waals surface area contributed by atoms with E-state index in [0.717, 1.165) is 28.8 Å². The average Bonchev–Trinajstić information content (AvgIpc) is 3.05. The van der Waals surface area contributed by atoms with E-state index in [-0.39, 0.29) is 6.61 Å². The number of nitrogens with zero attached hydrogens (tertiary/aromatic N) is 3. The Balaban J connectivity index is 1.49. The van der Waals surface area contributed by atoms with Crippen LogP contribution in [0.25, 0.3) is 11.1 Å². The Morgan fingerprint density at radius 2 is 1.73 bits per heavy atom. The number of aliphatic hydroxyl groups excluding tert-OH is 1. The number of hydrogen-bond donors (Lipinski definition) is 1. The lowest BCUT2D eigenvalue weighted by molar-refractivity contribution is 0.126. The van der Waals surface area contributed by atoms with Crippen molar-refractivity contribution in [2.24, 2.45) is 0 Å². The molecule has 1 heterocycles. The number of benzene rings is 2. The van der Waals surface area contributed by atoms with Crippen molar-refractivity contribution in [2.45, 2.75) is 31.7 Å². The molecule has 3 rings (SSSR count). The molecule has 0 bridgehead atoms. The Kier molecular flexibility index (Phi) is 6.30. The molecule has 1 unspecified atom stereocenters. The minimum Gasteiger partial charge on any atom is -0.491 e. The maximum atomic E-state index is 10.2. The zero-order valence-corrected chi connectivity index (χ0v) is 15.8. The highest BCUT2D eigenvalue weighted by atomic mass is 32.2. The van der Waals surface area contributed by atoms with Crippen molar-refractivity contribution in [3.05, 3.63) is 60.4 Å². The molecule has 0 amide bonds. The van der Waals surface area contributed by atoms with Gasteiger partial charge in [0.15, 0.2) is 5.16 Å². The molecule has 0 saturated carbocycles. The lowest BCUT2D eigenvalue weighted by Crippen LogP contribution is -2.20. The Morgan fingerprint density at radius 3 is 2.42 bits per heavy atom. The van der Waals surface area contributed by atoms with Crippen LogP contribution in [-0.4, -0.2) is 38.3 Å². The number of rotatable bonds is 8. The maximum absolute atomic E-state index is 10.2. The highest BCUT2D eigenvalue weighted by Crippen LogP contribution is 2.22. The van der Waals surface area contributed by atoms with Crippen LogP contribution in [0.3, 0.4) is 0 Å². The molecule has 1 atom stereocenters. The van der Waals surface area contributed by atoms with Crippen LogP contribution in [0.1, 0.15) is 12.7 Å². The third-order valence-corrected chi connectivity index (χ3v) is 5.14. The van der Waals surface area contributed by atoms with Crippen LogP contribution in [0.15, 0.2) is 59.8 Å². The van der Waals surface area contributed by atoms with Crippen LogP contribution in [0.2, 0.25) is 0 Å². The van der Waals surface area contributed by atoms with E-state index in [9.17, 15) is 5.11 Å². The average molecular weight is 369 g/mol. The summed E-state index contributed by atoms with van der Waals surface area (Å²) in [7, 11) is 0. The molecular formula is C20H23N3O2S. The van der Waals surface area contributed by atoms with E-state index < -0.39 is 6.10 Å². The van der Waals surface area contributed by atoms with Crippen molar-refractivity contribution in [3.8, 4) is 16.9 Å². The second kappa shape index (κ2) is 8.87. The molecule has 0 aliphatic rings. The molecule has 0 aliphatic carbocycles. The van der Waals surface area contributed by atoms with E-state index >= 15 is 0 Å². The molecular weight excluding hydrogens is 346 g/mol. The smallest absolute Gasteiger partial charge is 0.191 e. The van der Waals surface area contributed by atoms with Gasteiger partial charge >= 0.3 is 0 Å². The summed E-state index contributed by atoms with van der Waals surface area (Å²) >= 11 is 1.49. The number of hydrogen-bond acceptors (Lipinski definition) is 5. The first kappa shape index (κ1) is 18.5. The number of aliphatic hydroxyl groups is 1. The Bertz CT molecular complexity index is 819. The molecule has 0 radical (unpaired) electrons. The number of ether oxygens (including phenoxy) is 1. The standard InChI is InChI=1S/C20H23N3O2S/c1-3-23-15(2)21-22-20(23)26-14-18(24)13-25-19-11-9-17(10-12-19)16-7-5-4-6-8-16/h4-12,18,24H,3,13-14H2,1-2H3. The minimum absolute atomic E-state index is 0.247. The van der Waals surface area contributed by atoms with Crippen LogP contribution in [0.5, 0.6) is 5.75 Å². The summed E-state index contributed by atoms with van der Waals surface area (Å²) in [4.78, 5) is 0. The van der Waals surface area contributed by atoms with Crippen LogP contribution >= 0.6 is 11.8 Å². The summed E-state index contributed by atoms with van der Waals surface area (Å²) in [5.74, 6) is 2.15. The molecule has 136 valence electrons. The second-order valence-electron chi connectivity index (χ2n) is 5.94. The van der Waals surface area contributed by atoms with Gasteiger partial charge in [-0.1, -0.05) is 54.2 Å². The number of thioether (sulfide) groups is 1. The number of aromatic nitrogens is 3. The summed E-state index contributed by atoms with van der Waals surface area (Å²) in [5.41, 5.74) is 2.31. The van der Waals surface area contributed by atoms with Gasteiger partial charge in [-0.15, -0.1) is 10.2 Å². The van der Waals surface area contributed by atoms with Gasteiger partial charge in [-0.25, -0.2) is 0 Å². The summed E-state index contributed by atoms with van der Waals surface area (Å²) < 4.78 is 7.73. The van der Waals surface area contributed by atoms with Gasteiger partial charge in [-0.3, -0.25) is 0 Å². The van der Waals surface area contributed by atoms with E-state index in [0.29, 0.717) is 5.75 Å². The van der Waals surface area contributed by atoms with Gasteiger partial charge in [-0.2, -0.15) is 0 Å². The van der Waals surface area contributed by atoms with Gasteiger partial charge < -0.3 is 14.4 Å². The third-order valence-electron chi connectivity index (χ3n) is 4.03. The van der Waals surface area contributed by atoms with Crippen LogP contribution < -0.4 is 4.74 Å². The summed E-state index contributed by atoms with van der Waals surface area (Å²) in [6.07, 6.45) is -0.573. The van der Waals surface area contributed by atoms with Gasteiger partial charge in [0.05, 0.1) is 6.10 Å². The van der Waals surface area contributed by atoms with E-state index in [2.05, 4.69) is 29.3 Å². The largest absolute Gasteiger partial charge is 0.491 e. The topological polar surface area (TPSA) is 60.2 Å². The molecule has 1 aromatic heterocycles. The first-order valence-electron chi connectivity index (χ1n) is 8.66. The molecule has 0 fully saturated rings. The Hall–Kier alpha value is -2.31. The van der Waals surface area contributed by atoms with Gasteiger partial charge in [0.1, 0.15) is 18.2 Å². The Labute approximate surface area is 158 Å². The van der Waals surface area contributed by atoms with E-state index in [1.54, 1.807) is 0 Å². The van der Waals surface area contributed by atoms with Crippen molar-refractivity contribution >= 4 is 11.8 Å². The minimum atomic E-state index is -0.573. The predicted octanol–water partition coefficient (Wildman–Crippen LogP) is 3.81. The molecule has 5 nitrogen and oxygen atoms in total. The van der Waals surface area contributed by atoms with Crippen LogP contribution in [0.4, 0.5) is 0 Å². The molecule has 1 N–H and O–H groups in total. The van der Waals surface area contributed by atoms with Gasteiger partial charge in [-0.05, 0) is 37.1 Å². The van der Waals surface area contributed by atoms with Gasteiger partial charge in [0, 0.05) is 12.3 Å². The summed E-state index contributed by atoms with van der Waals surface area (Å²) in [6.45, 7) is 5.05. The van der Waals surface area contributed by atoms with Crippen LogP contribution in [-0.2, 0) is 6.54 Å². The quantitative estimate of drug-likeness (QED) is 0.612. The fourth-order valence-electron chi connectivity index (χ4n) is 2.62. The fourth-order valence-corrected chi connectivity index (χ4v) is 3.57. The van der Waals surface area contributed by atoms with Crippen molar-refractivity contribution in [1.82, 2.24) is 14.8 Å². The van der Waals surface area contributed by atoms with Crippen molar-refractivity contribution in [2.75, 3.05) is 12.4 Å². The first-order chi connectivity index (χ1) is 12.7. The highest BCUT2D eigenvalue weighted by Gasteiger charge is 2.12. The van der Waals surface area contributed by atoms with Crippen LogP contribution in [0, 0.1) is 6.92 Å². The number of aryl methyl sites for hydroxylation is 1. The maximum Gasteiger partial charge on any atom is 0.191 e. The normalized spacial score (nSPS) is 12.1. The van der Waals surface area contributed by atoms with E-state index in [1.165, 1.54) is 17.3 Å². The molecule has 6 heteroatoms. The lowest BCUT2D eigenvalue weighted by Gasteiger charge is -2.12. The zero-order chi connectivity index (χ0) is 18.4. The fraction of sp³-hybridized carbons (Fsp3) is 0.300. The van der Waals surface area contributed by atoms with Gasteiger partial charge in [0.25, 0.3) is 0 Å². The second-order valence-corrected chi connectivity index (χ2v) is 6.93. The Morgan fingerprint density at radius 1 is 1.04 bits per heavy atom. The van der Waals surface area contributed by atoms with E-state index in [4.69, 9.17) is 4.74 Å². The molecule has 26 heavy (non-hydrogen) atoms. The van der Waals surface area contributed by atoms with Crippen molar-refractivity contribution in [1.29, 1.82) is 0 Å². The predicted molar refractivity (Wildman–Crippen MR) is 105 cm³/mol. The SMILES string of the molecule is CCn1c(C)nnc1SCC(O)COc1ccc(-c2ccccc2)cc1. The molecule has 2 aromatic carbocycles.